The van der Waals surface area contributed by atoms with Gasteiger partial charge < -0.3 is 11.1 Å². The highest BCUT2D eigenvalue weighted by molar-refractivity contribution is 5.93. The fourth-order valence-electron chi connectivity index (χ4n) is 1.22. The second-order valence-corrected chi connectivity index (χ2v) is 3.60. The quantitative estimate of drug-likeness (QED) is 0.801. The zero-order valence-electron chi connectivity index (χ0n) is 9.24. The number of hydrogen-bond donors (Lipinski definition) is 2. The van der Waals surface area contributed by atoms with Crippen molar-refractivity contribution in [3.05, 3.63) is 24.1 Å². The van der Waals surface area contributed by atoms with Gasteiger partial charge in [-0.05, 0) is 18.6 Å². The number of hydrogen-bond acceptors (Lipinski definition) is 3. The van der Waals surface area contributed by atoms with Gasteiger partial charge in [-0.2, -0.15) is 0 Å². The predicted octanol–water partition coefficient (Wildman–Crippen LogP) is 1.68. The lowest BCUT2D eigenvalue weighted by Gasteiger charge is -2.10. The molecule has 88 valence electrons. The van der Waals surface area contributed by atoms with Gasteiger partial charge in [-0.25, -0.2) is 9.37 Å². The van der Waals surface area contributed by atoms with E-state index in [4.69, 9.17) is 5.73 Å². The standard InChI is InChI=1S/C11H16FN3O/c1-2-3-4-9(13)11(16)15-10-6-5-8(12)7-14-10/h5-7,9H,2-4,13H2,1H3,(H,14,15,16)/t9-/m0/s1. The molecule has 5 heteroatoms. The number of rotatable bonds is 5. The Morgan fingerprint density at radius 2 is 2.38 bits per heavy atom. The fourth-order valence-corrected chi connectivity index (χ4v) is 1.22. The van der Waals surface area contributed by atoms with Crippen LogP contribution in [-0.4, -0.2) is 16.9 Å². The summed E-state index contributed by atoms with van der Waals surface area (Å²) in [5.74, 6) is -0.404. The zero-order chi connectivity index (χ0) is 12.0. The first-order chi connectivity index (χ1) is 7.63. The number of nitrogens with zero attached hydrogens (tertiary/aromatic N) is 1. The molecule has 0 spiro atoms. The summed E-state index contributed by atoms with van der Waals surface area (Å²) in [6, 6.07) is 2.10. The van der Waals surface area contributed by atoms with Gasteiger partial charge in [0.2, 0.25) is 5.91 Å². The van der Waals surface area contributed by atoms with E-state index in [0.29, 0.717) is 12.2 Å². The van der Waals surface area contributed by atoms with Crippen molar-refractivity contribution in [2.45, 2.75) is 32.2 Å². The molecule has 1 aromatic heterocycles. The molecule has 1 amide bonds. The van der Waals surface area contributed by atoms with E-state index in [-0.39, 0.29) is 5.91 Å². The molecule has 0 aliphatic heterocycles. The Morgan fingerprint density at radius 1 is 1.62 bits per heavy atom. The van der Waals surface area contributed by atoms with E-state index in [1.165, 1.54) is 12.1 Å². The van der Waals surface area contributed by atoms with Gasteiger partial charge in [0, 0.05) is 0 Å². The molecule has 0 saturated heterocycles. The van der Waals surface area contributed by atoms with Crippen LogP contribution in [0.1, 0.15) is 26.2 Å². The number of amides is 1. The van der Waals surface area contributed by atoms with Gasteiger partial charge in [0.05, 0.1) is 12.2 Å². The van der Waals surface area contributed by atoms with Crippen LogP contribution >= 0.6 is 0 Å². The summed E-state index contributed by atoms with van der Waals surface area (Å²) in [6.07, 6.45) is 3.60. The minimum Gasteiger partial charge on any atom is -0.320 e. The maximum Gasteiger partial charge on any atom is 0.242 e. The maximum atomic E-state index is 12.5. The SMILES string of the molecule is CCCC[C@H](N)C(=O)Nc1ccc(F)cn1. The molecule has 16 heavy (non-hydrogen) atoms. The average molecular weight is 225 g/mol. The first-order valence-corrected chi connectivity index (χ1v) is 5.31. The second kappa shape index (κ2) is 6.17. The molecule has 1 heterocycles. The minimum atomic E-state index is -0.535. The highest BCUT2D eigenvalue weighted by atomic mass is 19.1. The number of pyridine rings is 1. The van der Waals surface area contributed by atoms with Gasteiger partial charge in [-0.15, -0.1) is 0 Å². The van der Waals surface area contributed by atoms with Crippen LogP contribution in [0.2, 0.25) is 0 Å². The normalized spacial score (nSPS) is 12.2. The van der Waals surface area contributed by atoms with Crippen molar-refractivity contribution in [1.82, 2.24) is 4.98 Å². The number of halogens is 1. The Bertz CT molecular complexity index is 340. The summed E-state index contributed by atoms with van der Waals surface area (Å²) in [5, 5.41) is 2.54. The molecule has 0 aliphatic rings. The molecule has 4 nitrogen and oxygen atoms in total. The van der Waals surface area contributed by atoms with Crippen molar-refractivity contribution in [2.24, 2.45) is 5.73 Å². The van der Waals surface area contributed by atoms with Crippen molar-refractivity contribution in [1.29, 1.82) is 0 Å². The molecular weight excluding hydrogens is 209 g/mol. The highest BCUT2D eigenvalue weighted by Gasteiger charge is 2.12. The highest BCUT2D eigenvalue weighted by Crippen LogP contribution is 2.05. The largest absolute Gasteiger partial charge is 0.320 e. The third-order valence-corrected chi connectivity index (χ3v) is 2.18. The fraction of sp³-hybridized carbons (Fsp3) is 0.455. The van der Waals surface area contributed by atoms with Crippen molar-refractivity contribution in [3.63, 3.8) is 0 Å². The van der Waals surface area contributed by atoms with Crippen LogP contribution < -0.4 is 11.1 Å². The maximum absolute atomic E-state index is 12.5. The van der Waals surface area contributed by atoms with Crippen LogP contribution in [-0.2, 0) is 4.79 Å². The molecule has 1 rings (SSSR count). The molecule has 0 saturated carbocycles. The molecular formula is C11H16FN3O. The number of nitrogens with two attached hydrogens (primary N) is 1. The second-order valence-electron chi connectivity index (χ2n) is 3.60. The number of anilines is 1. The lowest BCUT2D eigenvalue weighted by Crippen LogP contribution is -2.35. The van der Waals surface area contributed by atoms with E-state index >= 15 is 0 Å². The van der Waals surface area contributed by atoms with Crippen LogP contribution in [0.3, 0.4) is 0 Å². The Hall–Kier alpha value is -1.49. The minimum absolute atomic E-state index is 0.285. The Kier molecular flexibility index (Phi) is 4.85. The number of carbonyl (C=O) groups excluding carboxylic acids is 1. The van der Waals surface area contributed by atoms with Crippen LogP contribution in [0.25, 0.3) is 0 Å². The van der Waals surface area contributed by atoms with Crippen molar-refractivity contribution in [2.75, 3.05) is 5.32 Å². The first-order valence-electron chi connectivity index (χ1n) is 5.31. The van der Waals surface area contributed by atoms with Gasteiger partial charge in [0.1, 0.15) is 11.6 Å². The van der Waals surface area contributed by atoms with Crippen LogP contribution in [0, 0.1) is 5.82 Å². The number of carbonyl (C=O) groups is 1. The molecule has 0 aliphatic carbocycles. The Morgan fingerprint density at radius 3 is 2.94 bits per heavy atom. The summed E-state index contributed by atoms with van der Waals surface area (Å²) < 4.78 is 12.5. The number of aromatic nitrogens is 1. The van der Waals surface area contributed by atoms with E-state index in [1.54, 1.807) is 0 Å². The van der Waals surface area contributed by atoms with E-state index in [0.717, 1.165) is 19.0 Å². The van der Waals surface area contributed by atoms with Gasteiger partial charge in [-0.3, -0.25) is 4.79 Å². The van der Waals surface area contributed by atoms with Gasteiger partial charge in [0.25, 0.3) is 0 Å². The van der Waals surface area contributed by atoms with Crippen molar-refractivity contribution < 1.29 is 9.18 Å². The van der Waals surface area contributed by atoms with E-state index < -0.39 is 11.9 Å². The lowest BCUT2D eigenvalue weighted by molar-refractivity contribution is -0.117. The molecule has 0 unspecified atom stereocenters. The molecule has 1 aromatic rings. The molecule has 0 aromatic carbocycles. The van der Waals surface area contributed by atoms with Crippen LogP contribution in [0.4, 0.5) is 10.2 Å². The van der Waals surface area contributed by atoms with Crippen LogP contribution in [0.15, 0.2) is 18.3 Å². The van der Waals surface area contributed by atoms with E-state index in [9.17, 15) is 9.18 Å². The Labute approximate surface area is 94.1 Å². The third kappa shape index (κ3) is 3.94. The summed E-state index contributed by atoms with van der Waals surface area (Å²) in [5.41, 5.74) is 5.67. The Balaban J connectivity index is 2.47. The third-order valence-electron chi connectivity index (χ3n) is 2.18. The molecule has 1 atom stereocenters. The number of nitrogens with one attached hydrogen (secondary N) is 1. The van der Waals surface area contributed by atoms with Gasteiger partial charge in [-0.1, -0.05) is 19.8 Å². The average Bonchev–Trinajstić information content (AvgIpc) is 2.29. The summed E-state index contributed by atoms with van der Waals surface area (Å²) in [7, 11) is 0. The first kappa shape index (κ1) is 12.6. The van der Waals surface area contributed by atoms with E-state index in [1.807, 2.05) is 6.92 Å². The molecule has 0 bridgehead atoms. The zero-order valence-corrected chi connectivity index (χ0v) is 9.24. The van der Waals surface area contributed by atoms with Crippen molar-refractivity contribution in [3.8, 4) is 0 Å². The monoisotopic (exact) mass is 225 g/mol. The smallest absolute Gasteiger partial charge is 0.242 e. The van der Waals surface area contributed by atoms with Gasteiger partial charge in [0.15, 0.2) is 0 Å². The lowest BCUT2D eigenvalue weighted by atomic mass is 10.1. The van der Waals surface area contributed by atoms with E-state index in [2.05, 4.69) is 10.3 Å². The van der Waals surface area contributed by atoms with Gasteiger partial charge >= 0.3 is 0 Å². The molecule has 0 radical (unpaired) electrons. The summed E-state index contributed by atoms with van der Waals surface area (Å²) in [4.78, 5) is 15.3. The summed E-state index contributed by atoms with van der Waals surface area (Å²) in [6.45, 7) is 2.03. The van der Waals surface area contributed by atoms with Crippen molar-refractivity contribution >= 4 is 11.7 Å². The molecule has 0 fully saturated rings. The predicted molar refractivity (Wildman–Crippen MR) is 60.3 cm³/mol. The topological polar surface area (TPSA) is 68.0 Å². The number of unbranched alkanes of at least 4 members (excludes halogenated alkanes) is 1. The molecule has 3 N–H and O–H groups in total. The van der Waals surface area contributed by atoms with Crippen LogP contribution in [0.5, 0.6) is 0 Å². The summed E-state index contributed by atoms with van der Waals surface area (Å²) >= 11 is 0.